The Balaban J connectivity index is 1.56. The number of nitrogens with zero attached hydrogens (tertiary/aromatic N) is 4. The Hall–Kier alpha value is -2.47. The highest BCUT2D eigenvalue weighted by Gasteiger charge is 2.27. The van der Waals surface area contributed by atoms with Crippen LogP contribution in [-0.2, 0) is 18.4 Å². The normalized spacial score (nSPS) is 17.2. The standard InChI is InChI=1S/C27H42N5O/c1-20(13-14-23-22(3)12-9-16-27(23,4)5)10-8-11-21(2)15-17-32-19-31(6)26-24(32)25(30-33-7)28-18-29-26/h10,15,18-19H,8-9,11-14,16-17H2,1-7H3,(H,28,29,30)/q+1/b20-10+,21-15+. The van der Waals surface area contributed by atoms with Crippen LogP contribution in [0.5, 0.6) is 0 Å². The molecule has 2 heterocycles. The molecule has 1 aliphatic carbocycles. The summed E-state index contributed by atoms with van der Waals surface area (Å²) in [6.45, 7) is 12.5. The number of hydrogen-bond acceptors (Lipinski definition) is 4. The van der Waals surface area contributed by atoms with Crippen molar-refractivity contribution in [1.82, 2.24) is 14.5 Å². The van der Waals surface area contributed by atoms with Gasteiger partial charge in [0, 0.05) is 0 Å². The van der Waals surface area contributed by atoms with Gasteiger partial charge in [0.1, 0.15) is 0 Å². The lowest BCUT2D eigenvalue weighted by atomic mass is 9.71. The van der Waals surface area contributed by atoms with E-state index in [9.17, 15) is 0 Å². The van der Waals surface area contributed by atoms with Gasteiger partial charge in [-0.1, -0.05) is 53.3 Å². The van der Waals surface area contributed by atoms with Crippen LogP contribution >= 0.6 is 0 Å². The van der Waals surface area contributed by atoms with Crippen LogP contribution in [0.3, 0.4) is 0 Å². The van der Waals surface area contributed by atoms with Crippen molar-refractivity contribution in [2.45, 2.75) is 86.1 Å². The van der Waals surface area contributed by atoms with E-state index in [-0.39, 0.29) is 0 Å². The smallest absolute Gasteiger partial charge is 0.278 e. The number of aromatic nitrogens is 4. The van der Waals surface area contributed by atoms with Crippen LogP contribution in [-0.4, -0.2) is 21.6 Å². The van der Waals surface area contributed by atoms with Gasteiger partial charge >= 0.3 is 5.65 Å². The minimum Gasteiger partial charge on any atom is -0.278 e. The zero-order chi connectivity index (χ0) is 24.0. The Kier molecular flexibility index (Phi) is 8.46. The van der Waals surface area contributed by atoms with Crippen LogP contribution in [0, 0.1) is 5.41 Å². The average Bonchev–Trinajstić information content (AvgIpc) is 3.08. The minimum absolute atomic E-state index is 0.380. The Morgan fingerprint density at radius 1 is 1.21 bits per heavy atom. The summed E-state index contributed by atoms with van der Waals surface area (Å²) in [5, 5.41) is 0. The molecule has 0 bridgehead atoms. The van der Waals surface area contributed by atoms with Gasteiger partial charge in [-0.15, -0.1) is 0 Å². The summed E-state index contributed by atoms with van der Waals surface area (Å²) in [5.74, 6) is 0.680. The van der Waals surface area contributed by atoms with E-state index >= 15 is 0 Å². The summed E-state index contributed by atoms with van der Waals surface area (Å²) in [5.41, 5.74) is 11.3. The van der Waals surface area contributed by atoms with Crippen LogP contribution < -0.4 is 10.0 Å². The molecule has 0 saturated heterocycles. The van der Waals surface area contributed by atoms with Crippen LogP contribution in [0.2, 0.25) is 0 Å². The van der Waals surface area contributed by atoms with Crippen LogP contribution in [0.1, 0.15) is 79.6 Å². The fourth-order valence-electron chi connectivity index (χ4n) is 5.08. The highest BCUT2D eigenvalue weighted by Crippen LogP contribution is 2.42. The summed E-state index contributed by atoms with van der Waals surface area (Å²) in [6.07, 6.45) is 16.9. The Labute approximate surface area is 199 Å². The summed E-state index contributed by atoms with van der Waals surface area (Å²) in [4.78, 5) is 13.8. The molecule has 2 aromatic heterocycles. The summed E-state index contributed by atoms with van der Waals surface area (Å²) in [6, 6.07) is 0. The van der Waals surface area contributed by atoms with Gasteiger partial charge in [-0.25, -0.2) is 10.0 Å². The van der Waals surface area contributed by atoms with Crippen LogP contribution in [0.15, 0.2) is 47.1 Å². The molecule has 0 atom stereocenters. The van der Waals surface area contributed by atoms with Gasteiger partial charge in [0.25, 0.3) is 0 Å². The van der Waals surface area contributed by atoms with E-state index in [1.807, 2.05) is 11.6 Å². The molecule has 0 fully saturated rings. The van der Waals surface area contributed by atoms with Gasteiger partial charge in [0.15, 0.2) is 18.5 Å². The Morgan fingerprint density at radius 3 is 2.70 bits per heavy atom. The van der Waals surface area contributed by atoms with Gasteiger partial charge in [-0.05, 0) is 71.1 Å². The molecule has 180 valence electrons. The maximum absolute atomic E-state index is 5.09. The highest BCUT2D eigenvalue weighted by atomic mass is 16.6. The zero-order valence-electron chi connectivity index (χ0n) is 21.7. The first-order valence-corrected chi connectivity index (χ1v) is 12.2. The predicted octanol–water partition coefficient (Wildman–Crippen LogP) is 6.21. The largest absolute Gasteiger partial charge is 0.307 e. The molecule has 1 aliphatic rings. The molecule has 33 heavy (non-hydrogen) atoms. The minimum atomic E-state index is 0.380. The summed E-state index contributed by atoms with van der Waals surface area (Å²) in [7, 11) is 3.59. The third-order valence-corrected chi connectivity index (χ3v) is 7.06. The zero-order valence-corrected chi connectivity index (χ0v) is 21.7. The number of fused-ring (bicyclic) bond motifs is 1. The second-order valence-corrected chi connectivity index (χ2v) is 10.2. The van der Waals surface area contributed by atoms with Crippen molar-refractivity contribution in [3.05, 3.63) is 47.1 Å². The van der Waals surface area contributed by atoms with Crippen molar-refractivity contribution < 1.29 is 9.40 Å². The number of aryl methyl sites for hydroxylation is 1. The van der Waals surface area contributed by atoms with Crippen molar-refractivity contribution in [1.29, 1.82) is 0 Å². The molecule has 1 N–H and O–H groups in total. The molecule has 6 heteroatoms. The summed E-state index contributed by atoms with van der Waals surface area (Å²) >= 11 is 0. The predicted molar refractivity (Wildman–Crippen MR) is 136 cm³/mol. The molecule has 0 radical (unpaired) electrons. The Bertz CT molecular complexity index is 1060. The molecule has 0 saturated carbocycles. The monoisotopic (exact) mass is 452 g/mol. The SMILES string of the molecule is CONc1ncnc2c1n(C/C=C(\C)CC/C=C(\C)CCC1=C(C)CCCC1(C)C)c[n+]2C. The number of rotatable bonds is 10. The number of nitrogens with one attached hydrogen (secondary N) is 1. The quantitative estimate of drug-likeness (QED) is 0.265. The summed E-state index contributed by atoms with van der Waals surface area (Å²) < 4.78 is 4.17. The first kappa shape index (κ1) is 25.2. The average molecular weight is 453 g/mol. The molecule has 0 aliphatic heterocycles. The van der Waals surface area contributed by atoms with Gasteiger partial charge in [0.2, 0.25) is 5.52 Å². The third-order valence-electron chi connectivity index (χ3n) is 7.06. The second kappa shape index (κ2) is 11.1. The lowest BCUT2D eigenvalue weighted by Gasteiger charge is -2.35. The van der Waals surface area contributed by atoms with E-state index in [2.05, 4.69) is 73.1 Å². The molecular formula is C27H42N5O+. The van der Waals surface area contributed by atoms with Gasteiger partial charge in [0.05, 0.1) is 20.7 Å². The highest BCUT2D eigenvalue weighted by molar-refractivity contribution is 5.80. The fourth-order valence-corrected chi connectivity index (χ4v) is 5.08. The van der Waals surface area contributed by atoms with Gasteiger partial charge < -0.3 is 0 Å². The van der Waals surface area contributed by atoms with Crippen molar-refractivity contribution in [3.63, 3.8) is 0 Å². The first-order chi connectivity index (χ1) is 15.7. The van der Waals surface area contributed by atoms with E-state index in [1.165, 1.54) is 43.3 Å². The van der Waals surface area contributed by atoms with Crippen molar-refractivity contribution in [2.75, 3.05) is 12.6 Å². The second-order valence-electron chi connectivity index (χ2n) is 10.2. The van der Waals surface area contributed by atoms with Crippen LogP contribution in [0.25, 0.3) is 11.2 Å². The van der Waals surface area contributed by atoms with Crippen molar-refractivity contribution in [3.8, 4) is 0 Å². The molecule has 0 unspecified atom stereocenters. The van der Waals surface area contributed by atoms with Crippen molar-refractivity contribution in [2.24, 2.45) is 12.5 Å². The fraction of sp³-hybridized carbons (Fsp3) is 0.593. The van der Waals surface area contributed by atoms with Gasteiger partial charge in [-0.2, -0.15) is 4.98 Å². The topological polar surface area (TPSA) is 55.9 Å². The lowest BCUT2D eigenvalue weighted by molar-refractivity contribution is -0.647. The van der Waals surface area contributed by atoms with E-state index in [1.54, 1.807) is 24.6 Å². The maximum atomic E-state index is 5.09. The van der Waals surface area contributed by atoms with E-state index < -0.39 is 0 Å². The number of anilines is 1. The number of hydrogen-bond donors (Lipinski definition) is 1. The number of imidazole rings is 1. The third kappa shape index (κ3) is 6.32. The van der Waals surface area contributed by atoms with Crippen molar-refractivity contribution >= 4 is 17.0 Å². The van der Waals surface area contributed by atoms with Gasteiger partial charge in [-0.3, -0.25) is 9.40 Å². The molecule has 0 aromatic carbocycles. The van der Waals surface area contributed by atoms with E-state index in [0.717, 1.165) is 30.6 Å². The molecule has 0 amide bonds. The lowest BCUT2D eigenvalue weighted by Crippen LogP contribution is -2.26. The molecular weight excluding hydrogens is 410 g/mol. The molecule has 3 rings (SSSR count). The van der Waals surface area contributed by atoms with E-state index in [0.29, 0.717) is 11.2 Å². The molecule has 0 spiro atoms. The molecule has 6 nitrogen and oxygen atoms in total. The molecule has 2 aromatic rings. The number of allylic oxidation sites excluding steroid dienone is 6. The van der Waals surface area contributed by atoms with Crippen LogP contribution in [0.4, 0.5) is 5.82 Å². The maximum Gasteiger partial charge on any atom is 0.307 e. The van der Waals surface area contributed by atoms with E-state index in [4.69, 9.17) is 4.84 Å². The Morgan fingerprint density at radius 2 is 1.97 bits per heavy atom. The first-order valence-electron chi connectivity index (χ1n) is 12.2.